The Morgan fingerprint density at radius 2 is 2.12 bits per heavy atom. The van der Waals surface area contributed by atoms with Crippen molar-refractivity contribution in [2.24, 2.45) is 0 Å². The predicted molar refractivity (Wildman–Crippen MR) is 100.0 cm³/mol. The summed E-state index contributed by atoms with van der Waals surface area (Å²) in [6.45, 7) is 1.89. The molecule has 8 nitrogen and oxygen atoms in total. The molecular formula is C18H21N7O. The van der Waals surface area contributed by atoms with Crippen molar-refractivity contribution < 1.29 is 4.79 Å². The number of nitrogens with zero attached hydrogens (tertiary/aromatic N) is 4. The molecule has 0 bridgehead atoms. The molecule has 0 spiro atoms. The number of hydrogen-bond donors (Lipinski definition) is 3. The fraction of sp³-hybridized carbons (Fsp3) is 0.333. The van der Waals surface area contributed by atoms with Gasteiger partial charge in [-0.1, -0.05) is 18.2 Å². The highest BCUT2D eigenvalue weighted by Gasteiger charge is 2.24. The predicted octanol–water partition coefficient (Wildman–Crippen LogP) is 1.55. The quantitative estimate of drug-likeness (QED) is 0.645. The molecule has 1 aliphatic rings. The largest absolute Gasteiger partial charge is 0.376 e. The molecule has 1 aromatic carbocycles. The fourth-order valence-electron chi connectivity index (χ4n) is 3.30. The Hall–Kier alpha value is -3.16. The normalized spacial score (nSPS) is 17.2. The number of para-hydroxylation sites is 1. The zero-order valence-corrected chi connectivity index (χ0v) is 14.4. The lowest BCUT2D eigenvalue weighted by atomic mass is 10.1. The number of carbonyl (C=O) groups is 1. The molecule has 3 aromatic rings. The smallest absolute Gasteiger partial charge is 0.239 e. The maximum atomic E-state index is 12.3. The van der Waals surface area contributed by atoms with E-state index in [1.54, 1.807) is 6.33 Å². The number of nitrogens with one attached hydrogen (secondary N) is 3. The zero-order valence-electron chi connectivity index (χ0n) is 14.4. The van der Waals surface area contributed by atoms with Crippen LogP contribution in [0.2, 0.25) is 0 Å². The first kappa shape index (κ1) is 16.3. The van der Waals surface area contributed by atoms with Crippen LogP contribution >= 0.6 is 0 Å². The van der Waals surface area contributed by atoms with Crippen LogP contribution in [0.1, 0.15) is 12.8 Å². The molecule has 3 heterocycles. The lowest BCUT2D eigenvalue weighted by Crippen LogP contribution is -2.49. The summed E-state index contributed by atoms with van der Waals surface area (Å²) < 4.78 is 0. The number of carbonyl (C=O) groups excluding carboxylic acids is 1. The van der Waals surface area contributed by atoms with Gasteiger partial charge in [-0.2, -0.15) is 0 Å². The summed E-state index contributed by atoms with van der Waals surface area (Å²) in [5.74, 6) is 0.837. The number of amides is 1. The summed E-state index contributed by atoms with van der Waals surface area (Å²) in [7, 11) is 0. The number of aromatic nitrogens is 4. The molecule has 4 rings (SSSR count). The Kier molecular flexibility index (Phi) is 4.63. The van der Waals surface area contributed by atoms with Gasteiger partial charge in [0.15, 0.2) is 11.5 Å². The Bertz CT molecular complexity index is 879. The third-order valence-electron chi connectivity index (χ3n) is 4.52. The maximum absolute atomic E-state index is 12.3. The number of rotatable bonds is 5. The van der Waals surface area contributed by atoms with E-state index >= 15 is 0 Å². The monoisotopic (exact) mass is 351 g/mol. The summed E-state index contributed by atoms with van der Waals surface area (Å²) in [4.78, 5) is 30.3. The van der Waals surface area contributed by atoms with E-state index in [0.29, 0.717) is 5.65 Å². The second kappa shape index (κ2) is 7.38. The fourth-order valence-corrected chi connectivity index (χ4v) is 3.30. The number of fused-ring (bicyclic) bond motifs is 1. The molecular weight excluding hydrogens is 330 g/mol. The highest BCUT2D eigenvalue weighted by atomic mass is 16.2. The van der Waals surface area contributed by atoms with Crippen molar-refractivity contribution in [3.63, 3.8) is 0 Å². The zero-order chi connectivity index (χ0) is 17.8. The Balaban J connectivity index is 1.36. The van der Waals surface area contributed by atoms with E-state index in [1.807, 2.05) is 30.3 Å². The molecule has 26 heavy (non-hydrogen) atoms. The summed E-state index contributed by atoms with van der Waals surface area (Å²) >= 11 is 0. The van der Waals surface area contributed by atoms with Gasteiger partial charge in [0.2, 0.25) is 5.91 Å². The van der Waals surface area contributed by atoms with Crippen molar-refractivity contribution in [3.05, 3.63) is 43.0 Å². The van der Waals surface area contributed by atoms with Crippen molar-refractivity contribution in [1.29, 1.82) is 0 Å². The molecule has 1 aliphatic heterocycles. The van der Waals surface area contributed by atoms with Crippen LogP contribution in [0.15, 0.2) is 43.0 Å². The highest BCUT2D eigenvalue weighted by Crippen LogP contribution is 2.23. The number of benzene rings is 1. The molecule has 134 valence electrons. The van der Waals surface area contributed by atoms with E-state index in [9.17, 15) is 4.79 Å². The van der Waals surface area contributed by atoms with Gasteiger partial charge in [-0.15, -0.1) is 0 Å². The number of piperidine rings is 1. The van der Waals surface area contributed by atoms with Crippen LogP contribution in [0.4, 0.5) is 11.5 Å². The van der Waals surface area contributed by atoms with Gasteiger partial charge >= 0.3 is 0 Å². The number of anilines is 2. The Labute approximate surface area is 151 Å². The summed E-state index contributed by atoms with van der Waals surface area (Å²) in [5, 5.41) is 6.26. The van der Waals surface area contributed by atoms with E-state index < -0.39 is 0 Å². The molecule has 0 radical (unpaired) electrons. The van der Waals surface area contributed by atoms with Gasteiger partial charge in [0.05, 0.1) is 12.9 Å². The Morgan fingerprint density at radius 1 is 1.23 bits per heavy atom. The van der Waals surface area contributed by atoms with Gasteiger partial charge in [0, 0.05) is 24.8 Å². The standard InChI is InChI=1S/C18H21N7O/c26-15(9-19-13-5-2-1-3-6-13)24-14-7-4-8-25(10-14)18-16-17(21-11-20-16)22-12-23-18/h1-3,5-6,11-12,14,19H,4,7-10H2,(H,24,26)(H,20,21,22,23)/t14-/m1/s1. The molecule has 2 aromatic heterocycles. The molecule has 1 saturated heterocycles. The molecule has 1 amide bonds. The lowest BCUT2D eigenvalue weighted by molar-refractivity contribution is -0.120. The minimum absolute atomic E-state index is 0.00456. The average molecular weight is 351 g/mol. The molecule has 0 saturated carbocycles. The SMILES string of the molecule is O=C(CNc1ccccc1)N[C@@H]1CCCN(c2ncnc3nc[nH]c23)C1. The van der Waals surface area contributed by atoms with Crippen LogP contribution in [-0.4, -0.2) is 51.5 Å². The number of hydrogen-bond acceptors (Lipinski definition) is 6. The van der Waals surface area contributed by atoms with Crippen LogP contribution < -0.4 is 15.5 Å². The van der Waals surface area contributed by atoms with Crippen LogP contribution in [-0.2, 0) is 4.79 Å². The van der Waals surface area contributed by atoms with Gasteiger partial charge in [0.25, 0.3) is 0 Å². The molecule has 3 N–H and O–H groups in total. The Morgan fingerprint density at radius 3 is 3.00 bits per heavy atom. The van der Waals surface area contributed by atoms with E-state index in [0.717, 1.165) is 43.0 Å². The first-order valence-electron chi connectivity index (χ1n) is 8.77. The van der Waals surface area contributed by atoms with Crippen LogP contribution in [0.25, 0.3) is 11.2 Å². The first-order chi connectivity index (χ1) is 12.8. The first-order valence-corrected chi connectivity index (χ1v) is 8.77. The summed E-state index contributed by atoms with van der Waals surface area (Å²) in [6.07, 6.45) is 5.12. The average Bonchev–Trinajstić information content (AvgIpc) is 3.16. The molecule has 1 atom stereocenters. The molecule has 0 aliphatic carbocycles. The second-order valence-corrected chi connectivity index (χ2v) is 6.37. The molecule has 0 unspecified atom stereocenters. The van der Waals surface area contributed by atoms with Crippen molar-refractivity contribution in [2.75, 3.05) is 29.9 Å². The van der Waals surface area contributed by atoms with Gasteiger partial charge in [-0.25, -0.2) is 15.0 Å². The van der Waals surface area contributed by atoms with Crippen LogP contribution in [0, 0.1) is 0 Å². The van der Waals surface area contributed by atoms with Crippen molar-refractivity contribution >= 4 is 28.6 Å². The van der Waals surface area contributed by atoms with Crippen LogP contribution in [0.3, 0.4) is 0 Å². The molecule has 1 fully saturated rings. The minimum Gasteiger partial charge on any atom is -0.376 e. The summed E-state index contributed by atoms with van der Waals surface area (Å²) in [6, 6.07) is 9.82. The third kappa shape index (κ3) is 3.58. The van der Waals surface area contributed by atoms with Crippen molar-refractivity contribution in [2.45, 2.75) is 18.9 Å². The van der Waals surface area contributed by atoms with Crippen molar-refractivity contribution in [1.82, 2.24) is 25.3 Å². The summed E-state index contributed by atoms with van der Waals surface area (Å²) in [5.41, 5.74) is 2.44. The number of aromatic amines is 1. The van der Waals surface area contributed by atoms with Crippen molar-refractivity contribution in [3.8, 4) is 0 Å². The van der Waals surface area contributed by atoms with Gasteiger partial charge < -0.3 is 20.5 Å². The van der Waals surface area contributed by atoms with Gasteiger partial charge in [0.1, 0.15) is 11.8 Å². The van der Waals surface area contributed by atoms with E-state index in [1.165, 1.54) is 6.33 Å². The lowest BCUT2D eigenvalue weighted by Gasteiger charge is -2.34. The maximum Gasteiger partial charge on any atom is 0.239 e. The topological polar surface area (TPSA) is 98.8 Å². The van der Waals surface area contributed by atoms with E-state index in [-0.39, 0.29) is 18.5 Å². The number of imidazole rings is 1. The van der Waals surface area contributed by atoms with E-state index in [4.69, 9.17) is 0 Å². The van der Waals surface area contributed by atoms with Gasteiger partial charge in [-0.3, -0.25) is 4.79 Å². The van der Waals surface area contributed by atoms with E-state index in [2.05, 4.69) is 35.5 Å². The van der Waals surface area contributed by atoms with Gasteiger partial charge in [-0.05, 0) is 25.0 Å². The second-order valence-electron chi connectivity index (χ2n) is 6.37. The minimum atomic E-state index is -0.00456. The van der Waals surface area contributed by atoms with Crippen LogP contribution in [0.5, 0.6) is 0 Å². The number of H-pyrrole nitrogens is 1. The third-order valence-corrected chi connectivity index (χ3v) is 4.52. The highest BCUT2D eigenvalue weighted by molar-refractivity contribution is 5.83. The molecule has 8 heteroatoms.